The Labute approximate surface area is 162 Å². The first-order valence-electron chi connectivity index (χ1n) is 9.95. The molecule has 4 atom stereocenters. The van der Waals surface area contributed by atoms with E-state index in [2.05, 4.69) is 20.3 Å². The van der Waals surface area contributed by atoms with Gasteiger partial charge in [-0.15, -0.1) is 0 Å². The molecule has 10 nitrogen and oxygen atoms in total. The highest BCUT2D eigenvalue weighted by atomic mass is 16.6. The molecule has 1 saturated carbocycles. The molecule has 2 aromatic rings. The van der Waals surface area contributed by atoms with Crippen molar-refractivity contribution in [1.29, 1.82) is 0 Å². The molecule has 154 valence electrons. The van der Waals surface area contributed by atoms with Crippen LogP contribution in [0.15, 0.2) is 6.33 Å². The molecule has 6 N–H and O–H groups in total. The average molecular weight is 392 g/mol. The first-order valence-corrected chi connectivity index (χ1v) is 9.95. The van der Waals surface area contributed by atoms with Gasteiger partial charge in [0.15, 0.2) is 23.2 Å². The lowest BCUT2D eigenvalue weighted by Gasteiger charge is -2.22. The Kier molecular flexibility index (Phi) is 5.63. The van der Waals surface area contributed by atoms with Crippen LogP contribution in [-0.2, 0) is 4.74 Å². The van der Waals surface area contributed by atoms with Gasteiger partial charge in [-0.1, -0.05) is 32.1 Å². The summed E-state index contributed by atoms with van der Waals surface area (Å²) in [6, 6.07) is 0. The van der Waals surface area contributed by atoms with Gasteiger partial charge in [0.05, 0.1) is 6.61 Å². The Morgan fingerprint density at radius 1 is 1.18 bits per heavy atom. The van der Waals surface area contributed by atoms with Crippen LogP contribution >= 0.6 is 0 Å². The number of nitrogens with two attached hydrogens (primary N) is 1. The first kappa shape index (κ1) is 19.3. The van der Waals surface area contributed by atoms with E-state index >= 15 is 0 Å². The molecule has 4 rings (SSSR count). The fraction of sp³-hybridized carbons (Fsp3) is 0.722. The molecular formula is C18H28N6O4. The fourth-order valence-electron chi connectivity index (χ4n) is 4.25. The van der Waals surface area contributed by atoms with Gasteiger partial charge >= 0.3 is 0 Å². The van der Waals surface area contributed by atoms with Gasteiger partial charge in [-0.3, -0.25) is 4.57 Å². The van der Waals surface area contributed by atoms with E-state index in [-0.39, 0.29) is 5.82 Å². The summed E-state index contributed by atoms with van der Waals surface area (Å²) in [6.07, 6.45) is 4.50. The van der Waals surface area contributed by atoms with Crippen molar-refractivity contribution >= 4 is 22.9 Å². The Morgan fingerprint density at radius 3 is 2.68 bits per heavy atom. The van der Waals surface area contributed by atoms with Crippen LogP contribution in [0.3, 0.4) is 0 Å². The van der Waals surface area contributed by atoms with E-state index in [1.165, 1.54) is 38.4 Å². The molecule has 3 heterocycles. The largest absolute Gasteiger partial charge is 0.394 e. The first-order chi connectivity index (χ1) is 13.6. The number of aliphatic hydroxyl groups excluding tert-OH is 3. The highest BCUT2D eigenvalue weighted by Crippen LogP contribution is 2.35. The number of fused-ring (bicyclic) bond motifs is 1. The molecular weight excluding hydrogens is 364 g/mol. The SMILES string of the molecule is Nc1ncnc2c1nc(NCCC1CCCCC1)n2[C@@H]1O[C@H](CO)C(O)C1O. The van der Waals surface area contributed by atoms with Crippen LogP contribution in [0.1, 0.15) is 44.8 Å². The molecule has 10 heteroatoms. The molecule has 0 amide bonds. The van der Waals surface area contributed by atoms with Gasteiger partial charge in [0.1, 0.15) is 24.6 Å². The third-order valence-electron chi connectivity index (χ3n) is 5.84. The highest BCUT2D eigenvalue weighted by molar-refractivity contribution is 5.84. The lowest BCUT2D eigenvalue weighted by molar-refractivity contribution is -0.0501. The average Bonchev–Trinajstić information content (AvgIpc) is 3.21. The summed E-state index contributed by atoms with van der Waals surface area (Å²) in [7, 11) is 0. The number of nitrogens with one attached hydrogen (secondary N) is 1. The summed E-state index contributed by atoms with van der Waals surface area (Å²) in [5.74, 6) is 1.39. The van der Waals surface area contributed by atoms with Crippen molar-refractivity contribution in [3.8, 4) is 0 Å². The van der Waals surface area contributed by atoms with Crippen molar-refractivity contribution < 1.29 is 20.1 Å². The molecule has 0 radical (unpaired) electrons. The minimum atomic E-state index is -1.23. The van der Waals surface area contributed by atoms with Crippen LogP contribution in [0.5, 0.6) is 0 Å². The minimum absolute atomic E-state index is 0.228. The van der Waals surface area contributed by atoms with Crippen LogP contribution in [-0.4, -0.2) is 66.3 Å². The van der Waals surface area contributed by atoms with Gasteiger partial charge in [0.25, 0.3) is 0 Å². The number of hydrogen-bond acceptors (Lipinski definition) is 9. The number of aliphatic hydroxyl groups is 3. The molecule has 0 bridgehead atoms. The molecule has 2 fully saturated rings. The Bertz CT molecular complexity index is 809. The Morgan fingerprint density at radius 2 is 1.96 bits per heavy atom. The van der Waals surface area contributed by atoms with Gasteiger partial charge in [0.2, 0.25) is 5.95 Å². The van der Waals surface area contributed by atoms with Crippen LogP contribution < -0.4 is 11.1 Å². The highest BCUT2D eigenvalue weighted by Gasteiger charge is 2.45. The molecule has 2 unspecified atom stereocenters. The van der Waals surface area contributed by atoms with Crippen LogP contribution in [0.2, 0.25) is 0 Å². The minimum Gasteiger partial charge on any atom is -0.394 e. The summed E-state index contributed by atoms with van der Waals surface area (Å²) in [6.45, 7) is 0.318. The van der Waals surface area contributed by atoms with Gasteiger partial charge in [-0.05, 0) is 12.3 Å². The maximum atomic E-state index is 10.5. The topological polar surface area (TPSA) is 152 Å². The normalized spacial score (nSPS) is 28.8. The quantitative estimate of drug-likeness (QED) is 0.470. The van der Waals surface area contributed by atoms with Crippen LogP contribution in [0, 0.1) is 5.92 Å². The lowest BCUT2D eigenvalue weighted by atomic mass is 9.87. The maximum Gasteiger partial charge on any atom is 0.207 e. The van der Waals surface area contributed by atoms with Crippen molar-refractivity contribution in [2.75, 3.05) is 24.2 Å². The lowest BCUT2D eigenvalue weighted by Crippen LogP contribution is -2.33. The predicted octanol–water partition coefficient (Wildman–Crippen LogP) is 0.402. The summed E-state index contributed by atoms with van der Waals surface area (Å²) >= 11 is 0. The van der Waals surface area contributed by atoms with E-state index in [0.717, 1.165) is 13.0 Å². The smallest absolute Gasteiger partial charge is 0.207 e. The number of anilines is 2. The number of hydrogen-bond donors (Lipinski definition) is 5. The second-order valence-electron chi connectivity index (χ2n) is 7.68. The summed E-state index contributed by atoms with van der Waals surface area (Å²) < 4.78 is 7.29. The molecule has 1 saturated heterocycles. The molecule has 2 aromatic heterocycles. The zero-order valence-corrected chi connectivity index (χ0v) is 15.7. The Balaban J connectivity index is 1.60. The number of nitrogen functional groups attached to an aromatic ring is 1. The molecule has 1 aliphatic carbocycles. The van der Waals surface area contributed by atoms with E-state index in [1.54, 1.807) is 4.57 Å². The van der Waals surface area contributed by atoms with Gasteiger partial charge < -0.3 is 31.1 Å². The molecule has 0 spiro atoms. The second-order valence-corrected chi connectivity index (χ2v) is 7.68. The fourth-order valence-corrected chi connectivity index (χ4v) is 4.25. The van der Waals surface area contributed by atoms with Crippen molar-refractivity contribution in [2.24, 2.45) is 5.92 Å². The van der Waals surface area contributed by atoms with Gasteiger partial charge in [-0.2, -0.15) is 0 Å². The Hall–Kier alpha value is -2.01. The van der Waals surface area contributed by atoms with E-state index in [1.807, 2.05) is 0 Å². The van der Waals surface area contributed by atoms with Crippen molar-refractivity contribution in [2.45, 2.75) is 63.1 Å². The molecule has 28 heavy (non-hydrogen) atoms. The summed E-state index contributed by atoms with van der Waals surface area (Å²) in [5.41, 5.74) is 6.76. The summed E-state index contributed by atoms with van der Waals surface area (Å²) in [4.78, 5) is 12.7. The molecule has 2 aliphatic rings. The van der Waals surface area contributed by atoms with Crippen LogP contribution in [0.4, 0.5) is 11.8 Å². The van der Waals surface area contributed by atoms with Crippen molar-refractivity contribution in [3.05, 3.63) is 6.33 Å². The van der Waals surface area contributed by atoms with Crippen LogP contribution in [0.25, 0.3) is 11.2 Å². The van der Waals surface area contributed by atoms with E-state index in [0.29, 0.717) is 23.0 Å². The standard InChI is InChI=1S/C18H28N6O4/c19-15-12-16(22-9-21-15)24(17-14(27)13(26)11(8-25)28-17)18(23-12)20-7-6-10-4-2-1-3-5-10/h9-11,13-14,17,25-27H,1-8H2,(H,20,23)(H2,19,21,22)/t11-,13?,14?,17-/m1/s1. The maximum absolute atomic E-state index is 10.5. The van der Waals surface area contributed by atoms with E-state index in [9.17, 15) is 15.3 Å². The number of ether oxygens (including phenoxy) is 1. The number of rotatable bonds is 6. The zero-order chi connectivity index (χ0) is 19.7. The summed E-state index contributed by atoms with van der Waals surface area (Å²) in [5, 5.41) is 33.3. The van der Waals surface area contributed by atoms with Gasteiger partial charge in [-0.25, -0.2) is 15.0 Å². The molecule has 1 aliphatic heterocycles. The third-order valence-corrected chi connectivity index (χ3v) is 5.84. The number of aromatic nitrogens is 4. The van der Waals surface area contributed by atoms with E-state index in [4.69, 9.17) is 10.5 Å². The van der Waals surface area contributed by atoms with Crippen molar-refractivity contribution in [1.82, 2.24) is 19.5 Å². The second kappa shape index (κ2) is 8.16. The predicted molar refractivity (Wildman–Crippen MR) is 102 cm³/mol. The van der Waals surface area contributed by atoms with Gasteiger partial charge in [0, 0.05) is 6.54 Å². The molecule has 0 aromatic carbocycles. The monoisotopic (exact) mass is 392 g/mol. The number of nitrogens with zero attached hydrogens (tertiary/aromatic N) is 4. The van der Waals surface area contributed by atoms with Crippen molar-refractivity contribution in [3.63, 3.8) is 0 Å². The van der Waals surface area contributed by atoms with E-state index < -0.39 is 31.1 Å². The third kappa shape index (κ3) is 3.52. The number of imidazole rings is 1. The zero-order valence-electron chi connectivity index (χ0n) is 15.7.